The van der Waals surface area contributed by atoms with E-state index in [2.05, 4.69) is 20.6 Å². The quantitative estimate of drug-likeness (QED) is 0.504. The third-order valence-electron chi connectivity index (χ3n) is 8.60. The number of amides is 3. The third kappa shape index (κ3) is 4.71. The first-order chi connectivity index (χ1) is 17.8. The molecule has 0 radical (unpaired) electrons. The first kappa shape index (κ1) is 24.3. The molecule has 1 aromatic carbocycles. The Hall–Kier alpha value is -3.01. The van der Waals surface area contributed by atoms with Crippen LogP contribution in [0.5, 0.6) is 0 Å². The van der Waals surface area contributed by atoms with Crippen LogP contribution in [0.3, 0.4) is 0 Å². The Morgan fingerprint density at radius 3 is 2.68 bits per heavy atom. The normalized spacial score (nSPS) is 24.4. The van der Waals surface area contributed by atoms with Crippen molar-refractivity contribution in [3.63, 3.8) is 0 Å². The fraction of sp³-hybridized carbons (Fsp3) is 0.630. The summed E-state index contributed by atoms with van der Waals surface area (Å²) in [6, 6.07) is 3.31. The van der Waals surface area contributed by atoms with Gasteiger partial charge in [-0.25, -0.2) is 9.37 Å². The predicted octanol–water partition coefficient (Wildman–Crippen LogP) is 2.58. The van der Waals surface area contributed by atoms with Crippen LogP contribution >= 0.6 is 0 Å². The molecule has 4 aliphatic rings. The Labute approximate surface area is 214 Å². The standard InChI is InChI=1S/C27H34FN5O4/c1-15(24-30-19-5-2-4-18(28)23(19)32-24)29-26(36)20(31-25(35)17-11-27(12-17)13-37-14-27)10-22(34)33-9-3-6-21(33)16-7-8-16/h2,4-5,15-17,20-21H,3,6-14H2,1H3,(H,29,36)(H,30,32)(H,31,35). The zero-order valence-corrected chi connectivity index (χ0v) is 21.1. The first-order valence-electron chi connectivity index (χ1n) is 13.4. The number of hydrogen-bond acceptors (Lipinski definition) is 5. The number of carbonyl (C=O) groups excluding carboxylic acids is 3. The van der Waals surface area contributed by atoms with Crippen molar-refractivity contribution in [3.8, 4) is 0 Å². The topological polar surface area (TPSA) is 116 Å². The second-order valence-corrected chi connectivity index (χ2v) is 11.5. The molecule has 198 valence electrons. The zero-order valence-electron chi connectivity index (χ0n) is 21.1. The Morgan fingerprint density at radius 2 is 2.00 bits per heavy atom. The smallest absolute Gasteiger partial charge is 0.243 e. The van der Waals surface area contributed by atoms with Crippen molar-refractivity contribution in [2.24, 2.45) is 17.3 Å². The van der Waals surface area contributed by atoms with Gasteiger partial charge in [-0.15, -0.1) is 0 Å². The maximum Gasteiger partial charge on any atom is 0.243 e. The maximum atomic E-state index is 14.1. The average Bonchev–Trinajstić information content (AvgIpc) is 3.35. The number of H-pyrrole nitrogens is 1. The molecule has 2 aromatic rings. The van der Waals surface area contributed by atoms with Crippen LogP contribution in [0.1, 0.15) is 63.7 Å². The minimum absolute atomic E-state index is 0.0801. The molecule has 10 heteroatoms. The molecule has 2 aliphatic carbocycles. The number of benzene rings is 1. The number of hydrogen-bond donors (Lipinski definition) is 3. The molecule has 37 heavy (non-hydrogen) atoms. The third-order valence-corrected chi connectivity index (χ3v) is 8.60. The second-order valence-electron chi connectivity index (χ2n) is 11.5. The number of aromatic amines is 1. The molecule has 0 bridgehead atoms. The van der Waals surface area contributed by atoms with Gasteiger partial charge in [0, 0.05) is 23.9 Å². The molecule has 2 saturated carbocycles. The Morgan fingerprint density at radius 1 is 1.22 bits per heavy atom. The van der Waals surface area contributed by atoms with Crippen LogP contribution in [0.2, 0.25) is 0 Å². The van der Waals surface area contributed by atoms with Gasteiger partial charge in [-0.3, -0.25) is 14.4 Å². The number of nitrogens with one attached hydrogen (secondary N) is 3. The molecule has 3 amide bonds. The van der Waals surface area contributed by atoms with Crippen molar-refractivity contribution in [1.29, 1.82) is 0 Å². The molecular weight excluding hydrogens is 477 g/mol. The summed E-state index contributed by atoms with van der Waals surface area (Å²) in [5.41, 5.74) is 0.862. The van der Waals surface area contributed by atoms with E-state index in [0.29, 0.717) is 37.0 Å². The van der Waals surface area contributed by atoms with Crippen molar-refractivity contribution in [1.82, 2.24) is 25.5 Å². The lowest BCUT2D eigenvalue weighted by molar-refractivity contribution is -0.184. The van der Waals surface area contributed by atoms with Crippen LogP contribution in [-0.2, 0) is 19.1 Å². The number of ether oxygens (including phenoxy) is 1. The molecule has 2 aliphatic heterocycles. The van der Waals surface area contributed by atoms with Crippen molar-refractivity contribution < 1.29 is 23.5 Å². The van der Waals surface area contributed by atoms with Crippen LogP contribution in [0.15, 0.2) is 18.2 Å². The van der Waals surface area contributed by atoms with E-state index in [1.165, 1.54) is 6.07 Å². The van der Waals surface area contributed by atoms with Crippen LogP contribution in [0.25, 0.3) is 11.0 Å². The van der Waals surface area contributed by atoms with Gasteiger partial charge < -0.3 is 25.3 Å². The highest BCUT2D eigenvalue weighted by Gasteiger charge is 2.52. The summed E-state index contributed by atoms with van der Waals surface area (Å²) in [6.07, 6.45) is 5.70. The second kappa shape index (κ2) is 9.38. The SMILES string of the molecule is CC(NC(=O)C(CC(=O)N1CCCC1C1CC1)NC(=O)C1CC2(COC2)C1)c1nc2cccc(F)c2[nH]1. The summed E-state index contributed by atoms with van der Waals surface area (Å²) >= 11 is 0. The number of fused-ring (bicyclic) bond motifs is 1. The number of aromatic nitrogens is 2. The largest absolute Gasteiger partial charge is 0.380 e. The van der Waals surface area contributed by atoms with Gasteiger partial charge in [0.25, 0.3) is 0 Å². The summed E-state index contributed by atoms with van der Waals surface area (Å²) in [7, 11) is 0. The van der Waals surface area contributed by atoms with Crippen LogP contribution in [0, 0.1) is 23.1 Å². The molecule has 6 rings (SSSR count). The van der Waals surface area contributed by atoms with Crippen molar-refractivity contribution in [3.05, 3.63) is 29.8 Å². The van der Waals surface area contributed by atoms with Crippen molar-refractivity contribution in [2.45, 2.75) is 70.0 Å². The van der Waals surface area contributed by atoms with Crippen molar-refractivity contribution >= 4 is 28.8 Å². The van der Waals surface area contributed by atoms with E-state index < -0.39 is 23.8 Å². The van der Waals surface area contributed by atoms with E-state index in [0.717, 1.165) is 38.5 Å². The summed E-state index contributed by atoms with van der Waals surface area (Å²) in [4.78, 5) is 49.0. The van der Waals surface area contributed by atoms with Crippen LogP contribution < -0.4 is 10.6 Å². The number of carbonyl (C=O) groups is 3. The Balaban J connectivity index is 1.15. The first-order valence-corrected chi connectivity index (χ1v) is 13.4. The molecule has 4 fully saturated rings. The van der Waals surface area contributed by atoms with Gasteiger partial charge in [0.1, 0.15) is 23.2 Å². The number of halogens is 1. The molecular formula is C27H34FN5O4. The van der Waals surface area contributed by atoms with Crippen LogP contribution in [-0.4, -0.2) is 64.4 Å². The molecule has 1 aromatic heterocycles. The molecule has 9 nitrogen and oxygen atoms in total. The number of nitrogens with zero attached hydrogens (tertiary/aromatic N) is 2. The fourth-order valence-electron chi connectivity index (χ4n) is 6.26. The average molecular weight is 512 g/mol. The maximum absolute atomic E-state index is 14.1. The van der Waals surface area contributed by atoms with Gasteiger partial charge in [-0.2, -0.15) is 0 Å². The molecule has 3 atom stereocenters. The minimum atomic E-state index is -0.988. The number of rotatable bonds is 8. The molecule has 3 N–H and O–H groups in total. The van der Waals surface area contributed by atoms with E-state index in [1.807, 2.05) is 4.90 Å². The van der Waals surface area contributed by atoms with Gasteiger partial charge in [-0.1, -0.05) is 6.07 Å². The van der Waals surface area contributed by atoms with E-state index in [1.54, 1.807) is 19.1 Å². The Bertz CT molecular complexity index is 1210. The number of para-hydroxylation sites is 1. The Kier molecular flexibility index (Phi) is 6.17. The number of imidazole rings is 1. The highest BCUT2D eigenvalue weighted by Crippen LogP contribution is 2.50. The summed E-state index contributed by atoms with van der Waals surface area (Å²) in [5.74, 6) is -0.345. The van der Waals surface area contributed by atoms with Crippen LogP contribution in [0.4, 0.5) is 4.39 Å². The predicted molar refractivity (Wildman–Crippen MR) is 133 cm³/mol. The van der Waals surface area contributed by atoms with E-state index in [9.17, 15) is 18.8 Å². The number of likely N-dealkylation sites (tertiary alicyclic amines) is 1. The van der Waals surface area contributed by atoms with Gasteiger partial charge >= 0.3 is 0 Å². The van der Waals surface area contributed by atoms with Gasteiger partial charge in [0.15, 0.2) is 0 Å². The summed E-state index contributed by atoms with van der Waals surface area (Å²) in [6.45, 7) is 3.82. The van der Waals surface area contributed by atoms with Crippen molar-refractivity contribution in [2.75, 3.05) is 19.8 Å². The molecule has 3 unspecified atom stereocenters. The van der Waals surface area contributed by atoms with Gasteiger partial charge in [-0.05, 0) is 63.5 Å². The monoisotopic (exact) mass is 511 g/mol. The van der Waals surface area contributed by atoms with E-state index in [-0.39, 0.29) is 41.1 Å². The highest BCUT2D eigenvalue weighted by molar-refractivity contribution is 5.93. The zero-order chi connectivity index (χ0) is 25.7. The lowest BCUT2D eigenvalue weighted by Crippen LogP contribution is -2.58. The summed E-state index contributed by atoms with van der Waals surface area (Å²) in [5, 5.41) is 5.76. The molecule has 1 spiro atoms. The minimum Gasteiger partial charge on any atom is -0.380 e. The van der Waals surface area contributed by atoms with E-state index >= 15 is 0 Å². The lowest BCUT2D eigenvalue weighted by Gasteiger charge is -2.52. The van der Waals surface area contributed by atoms with Gasteiger partial charge in [0.05, 0.1) is 31.2 Å². The highest BCUT2D eigenvalue weighted by atomic mass is 19.1. The lowest BCUT2D eigenvalue weighted by atomic mass is 9.60. The van der Waals surface area contributed by atoms with E-state index in [4.69, 9.17) is 4.74 Å². The fourth-order valence-corrected chi connectivity index (χ4v) is 6.26. The van der Waals surface area contributed by atoms with Gasteiger partial charge in [0.2, 0.25) is 17.7 Å². The summed E-state index contributed by atoms with van der Waals surface area (Å²) < 4.78 is 19.4. The molecule has 2 saturated heterocycles. The molecule has 3 heterocycles.